The van der Waals surface area contributed by atoms with Gasteiger partial charge < -0.3 is 20.3 Å². The molecule has 2 N–H and O–H groups in total. The predicted octanol–water partition coefficient (Wildman–Crippen LogP) is 1.15. The summed E-state index contributed by atoms with van der Waals surface area (Å²) in [5.41, 5.74) is 0.686. The van der Waals surface area contributed by atoms with Gasteiger partial charge in [0.1, 0.15) is 5.75 Å². The van der Waals surface area contributed by atoms with Gasteiger partial charge in [0.2, 0.25) is 11.8 Å². The molecule has 2 rings (SSSR count). The molecule has 1 heterocycles. The molecule has 0 bridgehead atoms. The molecule has 1 saturated heterocycles. The molecule has 0 aromatic heterocycles. The molecule has 1 fully saturated rings. The number of carbonyl (C=O) groups excluding carboxylic acids is 3. The highest BCUT2D eigenvalue weighted by atomic mass is 16.5. The smallest absolute Gasteiger partial charge is 0.260 e. The Morgan fingerprint density at radius 2 is 2.04 bits per heavy atom. The number of rotatable bonds is 5. The van der Waals surface area contributed by atoms with Gasteiger partial charge in [-0.15, -0.1) is 0 Å². The minimum atomic E-state index is -0.151. The fourth-order valence-electron chi connectivity index (χ4n) is 2.38. The van der Waals surface area contributed by atoms with Crippen LogP contribution in [-0.4, -0.2) is 48.4 Å². The van der Waals surface area contributed by atoms with Crippen molar-refractivity contribution < 1.29 is 19.1 Å². The quantitative estimate of drug-likeness (QED) is 0.846. The monoisotopic (exact) mass is 333 g/mol. The van der Waals surface area contributed by atoms with Gasteiger partial charge in [0.05, 0.1) is 0 Å². The van der Waals surface area contributed by atoms with Gasteiger partial charge in [-0.2, -0.15) is 0 Å². The van der Waals surface area contributed by atoms with Crippen LogP contribution in [0.25, 0.3) is 0 Å². The Morgan fingerprint density at radius 1 is 1.33 bits per heavy atom. The van der Waals surface area contributed by atoms with Gasteiger partial charge in [-0.1, -0.05) is 6.92 Å². The summed E-state index contributed by atoms with van der Waals surface area (Å²) in [5, 5.41) is 5.52. The maximum Gasteiger partial charge on any atom is 0.260 e. The Kier molecular flexibility index (Phi) is 6.17. The van der Waals surface area contributed by atoms with E-state index < -0.39 is 0 Å². The second-order valence-corrected chi connectivity index (χ2v) is 5.71. The molecule has 0 aliphatic carbocycles. The number of carbonyl (C=O) groups is 3. The van der Waals surface area contributed by atoms with Crippen molar-refractivity contribution in [3.05, 3.63) is 24.3 Å². The minimum absolute atomic E-state index is 0.0391. The number of nitrogens with one attached hydrogen (secondary N) is 2. The van der Waals surface area contributed by atoms with E-state index in [0.717, 1.165) is 0 Å². The summed E-state index contributed by atoms with van der Waals surface area (Å²) in [5.74, 6) is 0.303. The zero-order valence-corrected chi connectivity index (χ0v) is 14.0. The first kappa shape index (κ1) is 17.8. The number of ether oxygens (including phenoxy) is 1. The van der Waals surface area contributed by atoms with Gasteiger partial charge in [-0.3, -0.25) is 14.4 Å². The maximum atomic E-state index is 12.3. The van der Waals surface area contributed by atoms with E-state index in [1.54, 1.807) is 36.1 Å². The third-order valence-electron chi connectivity index (χ3n) is 3.85. The fourth-order valence-corrected chi connectivity index (χ4v) is 2.38. The van der Waals surface area contributed by atoms with E-state index >= 15 is 0 Å². The van der Waals surface area contributed by atoms with Crippen LogP contribution >= 0.6 is 0 Å². The van der Waals surface area contributed by atoms with E-state index in [2.05, 4.69) is 10.6 Å². The van der Waals surface area contributed by atoms with E-state index in [4.69, 9.17) is 4.74 Å². The lowest BCUT2D eigenvalue weighted by Crippen LogP contribution is -2.44. The van der Waals surface area contributed by atoms with Gasteiger partial charge in [0.25, 0.3) is 5.91 Å². The summed E-state index contributed by atoms with van der Waals surface area (Å²) >= 11 is 0. The summed E-state index contributed by atoms with van der Waals surface area (Å²) in [6.45, 7) is 4.45. The molecule has 7 nitrogen and oxygen atoms in total. The maximum absolute atomic E-state index is 12.3. The Bertz CT molecular complexity index is 600. The lowest BCUT2D eigenvalue weighted by Gasteiger charge is -2.26. The first-order chi connectivity index (χ1) is 11.5. The third kappa shape index (κ3) is 4.97. The number of amides is 3. The van der Waals surface area contributed by atoms with Gasteiger partial charge in [-0.05, 0) is 31.2 Å². The Hall–Kier alpha value is -2.57. The summed E-state index contributed by atoms with van der Waals surface area (Å²) in [7, 11) is 0. The van der Waals surface area contributed by atoms with Crippen LogP contribution in [0.1, 0.15) is 26.7 Å². The van der Waals surface area contributed by atoms with Crippen LogP contribution in [0.2, 0.25) is 0 Å². The van der Waals surface area contributed by atoms with Crippen molar-refractivity contribution >= 4 is 23.4 Å². The molecule has 130 valence electrons. The minimum Gasteiger partial charge on any atom is -0.484 e. The van der Waals surface area contributed by atoms with Crippen LogP contribution < -0.4 is 15.4 Å². The highest BCUT2D eigenvalue weighted by molar-refractivity contribution is 5.90. The highest BCUT2D eigenvalue weighted by Crippen LogP contribution is 2.16. The van der Waals surface area contributed by atoms with Gasteiger partial charge >= 0.3 is 0 Å². The molecule has 3 amide bonds. The second-order valence-electron chi connectivity index (χ2n) is 5.71. The number of anilines is 1. The predicted molar refractivity (Wildman–Crippen MR) is 89.7 cm³/mol. The largest absolute Gasteiger partial charge is 0.484 e. The number of benzene rings is 1. The molecule has 1 aromatic rings. The third-order valence-corrected chi connectivity index (χ3v) is 3.85. The van der Waals surface area contributed by atoms with Crippen LogP contribution in [0.3, 0.4) is 0 Å². The molecule has 24 heavy (non-hydrogen) atoms. The van der Waals surface area contributed by atoms with Crippen LogP contribution in [0, 0.1) is 0 Å². The lowest BCUT2D eigenvalue weighted by molar-refractivity contribution is -0.135. The number of hydrogen-bond donors (Lipinski definition) is 2. The standard InChI is InChI=1S/C17H23N3O4/c1-3-15(21)19-13-4-6-14(7-5-13)24-11-17(23)20-9-8-16(22)18-10-12(20)2/h4-7,12H,3,8-11H2,1-2H3,(H,18,22)(H,19,21)/t12-/m1/s1. The number of hydrogen-bond acceptors (Lipinski definition) is 4. The summed E-state index contributed by atoms with van der Waals surface area (Å²) in [6.07, 6.45) is 0.722. The van der Waals surface area contributed by atoms with Crippen molar-refractivity contribution in [2.24, 2.45) is 0 Å². The van der Waals surface area contributed by atoms with Crippen molar-refractivity contribution in [2.45, 2.75) is 32.7 Å². The van der Waals surface area contributed by atoms with Crippen molar-refractivity contribution in [1.29, 1.82) is 0 Å². The topological polar surface area (TPSA) is 87.7 Å². The summed E-state index contributed by atoms with van der Waals surface area (Å²) in [4.78, 5) is 36.7. The molecule has 0 unspecified atom stereocenters. The molecule has 0 radical (unpaired) electrons. The Morgan fingerprint density at radius 3 is 2.71 bits per heavy atom. The first-order valence-corrected chi connectivity index (χ1v) is 8.08. The first-order valence-electron chi connectivity index (χ1n) is 8.08. The average molecular weight is 333 g/mol. The molecule has 0 spiro atoms. The second kappa shape index (κ2) is 8.33. The summed E-state index contributed by atoms with van der Waals surface area (Å²) in [6, 6.07) is 6.80. The van der Waals surface area contributed by atoms with E-state index in [-0.39, 0.29) is 30.4 Å². The van der Waals surface area contributed by atoms with E-state index in [9.17, 15) is 14.4 Å². The van der Waals surface area contributed by atoms with E-state index in [1.165, 1.54) is 0 Å². The zero-order valence-electron chi connectivity index (χ0n) is 14.0. The van der Waals surface area contributed by atoms with Gasteiger partial charge in [-0.25, -0.2) is 0 Å². The van der Waals surface area contributed by atoms with Crippen molar-refractivity contribution in [3.8, 4) is 5.75 Å². The van der Waals surface area contributed by atoms with Crippen LogP contribution in [0.5, 0.6) is 5.75 Å². The van der Waals surface area contributed by atoms with Gasteiger partial charge in [0, 0.05) is 37.7 Å². The SMILES string of the molecule is CCC(=O)Nc1ccc(OCC(=O)N2CCC(=O)NC[C@H]2C)cc1. The molecular weight excluding hydrogens is 310 g/mol. The molecule has 1 aliphatic heterocycles. The average Bonchev–Trinajstić information content (AvgIpc) is 2.75. The molecular formula is C17H23N3O4. The Balaban J connectivity index is 1.86. The molecule has 0 saturated carbocycles. The zero-order chi connectivity index (χ0) is 17.5. The number of nitrogens with zero attached hydrogens (tertiary/aromatic N) is 1. The fraction of sp³-hybridized carbons (Fsp3) is 0.471. The normalized spacial score (nSPS) is 17.7. The van der Waals surface area contributed by atoms with Crippen LogP contribution in [0.4, 0.5) is 5.69 Å². The highest BCUT2D eigenvalue weighted by Gasteiger charge is 2.24. The van der Waals surface area contributed by atoms with E-state index in [0.29, 0.717) is 37.4 Å². The van der Waals surface area contributed by atoms with Crippen molar-refractivity contribution in [2.75, 3.05) is 25.0 Å². The van der Waals surface area contributed by atoms with Crippen LogP contribution in [-0.2, 0) is 14.4 Å². The molecule has 7 heteroatoms. The molecule has 1 aromatic carbocycles. The lowest BCUT2D eigenvalue weighted by atomic mass is 10.2. The van der Waals surface area contributed by atoms with Crippen molar-refractivity contribution in [3.63, 3.8) is 0 Å². The van der Waals surface area contributed by atoms with Crippen molar-refractivity contribution in [1.82, 2.24) is 10.2 Å². The van der Waals surface area contributed by atoms with Gasteiger partial charge in [0.15, 0.2) is 6.61 Å². The van der Waals surface area contributed by atoms with Crippen LogP contribution in [0.15, 0.2) is 24.3 Å². The Labute approximate surface area is 141 Å². The molecule has 1 atom stereocenters. The molecule has 1 aliphatic rings. The van der Waals surface area contributed by atoms with E-state index in [1.807, 2.05) is 6.92 Å². The summed E-state index contributed by atoms with van der Waals surface area (Å²) < 4.78 is 5.51.